The van der Waals surface area contributed by atoms with Crippen LogP contribution in [0.2, 0.25) is 0 Å². The number of hydrogen-bond acceptors (Lipinski definition) is 4. The zero-order valence-corrected chi connectivity index (χ0v) is 14.8. The second-order valence-electron chi connectivity index (χ2n) is 6.59. The first-order valence-corrected chi connectivity index (χ1v) is 7.90. The van der Waals surface area contributed by atoms with E-state index >= 15 is 0 Å². The van der Waals surface area contributed by atoms with Gasteiger partial charge in [0.1, 0.15) is 17.9 Å². The summed E-state index contributed by atoms with van der Waals surface area (Å²) in [5.41, 5.74) is 0.618. The molecule has 1 aliphatic heterocycles. The van der Waals surface area contributed by atoms with Crippen LogP contribution >= 0.6 is 0 Å². The van der Waals surface area contributed by atoms with Crippen molar-refractivity contribution < 1.29 is 14.3 Å². The second kappa shape index (κ2) is 7.05. The highest BCUT2D eigenvalue weighted by Gasteiger charge is 2.48. The van der Waals surface area contributed by atoms with Crippen molar-refractivity contribution in [3.05, 3.63) is 42.0 Å². The molecule has 1 fully saturated rings. The average molecular weight is 331 g/mol. The maximum absolute atomic E-state index is 12.7. The Hall–Kier alpha value is -2.34. The van der Waals surface area contributed by atoms with Gasteiger partial charge in [0.15, 0.2) is 0 Å². The van der Waals surface area contributed by atoms with Gasteiger partial charge in [-0.25, -0.2) is 4.79 Å². The van der Waals surface area contributed by atoms with Gasteiger partial charge in [-0.2, -0.15) is 0 Å². The molecule has 0 radical (unpaired) electrons. The Kier molecular flexibility index (Phi) is 5.29. The molecule has 1 N–H and O–H groups in total. The fourth-order valence-corrected chi connectivity index (χ4v) is 2.49. The highest BCUT2D eigenvalue weighted by molar-refractivity contribution is 6.07. The molecule has 6 heteroatoms. The molecule has 0 saturated carbocycles. The predicted molar refractivity (Wildman–Crippen MR) is 92.9 cm³/mol. The van der Waals surface area contributed by atoms with Gasteiger partial charge in [0.05, 0.1) is 0 Å². The molecule has 24 heavy (non-hydrogen) atoms. The van der Waals surface area contributed by atoms with Crippen molar-refractivity contribution in [1.82, 2.24) is 15.1 Å². The minimum atomic E-state index is -1.05. The summed E-state index contributed by atoms with van der Waals surface area (Å²) >= 11 is 0. The standard InChI is InChI=1S/C18H25N3O3/c1-13(2)12-24-15-8-6-14(7-9-15)18(3)16(22)21(17(23)19-18)11-10-20(4)5/h6-9H,1,10-12H2,2-5H3,(H,19,23). The summed E-state index contributed by atoms with van der Waals surface area (Å²) in [6.07, 6.45) is 0. The number of rotatable bonds is 7. The topological polar surface area (TPSA) is 61.9 Å². The van der Waals surface area contributed by atoms with Crippen molar-refractivity contribution in [2.45, 2.75) is 19.4 Å². The number of ether oxygens (including phenoxy) is 1. The number of nitrogens with one attached hydrogen (secondary N) is 1. The molecular formula is C18H25N3O3. The molecule has 1 saturated heterocycles. The van der Waals surface area contributed by atoms with Crippen molar-refractivity contribution in [2.24, 2.45) is 0 Å². The number of urea groups is 1. The predicted octanol–water partition coefficient (Wildman–Crippen LogP) is 1.97. The van der Waals surface area contributed by atoms with Crippen molar-refractivity contribution in [3.8, 4) is 5.75 Å². The summed E-state index contributed by atoms with van der Waals surface area (Å²) in [6.45, 7) is 8.86. The lowest BCUT2D eigenvalue weighted by atomic mass is 9.92. The maximum Gasteiger partial charge on any atom is 0.325 e. The van der Waals surface area contributed by atoms with Crippen molar-refractivity contribution in [2.75, 3.05) is 33.8 Å². The minimum Gasteiger partial charge on any atom is -0.489 e. The van der Waals surface area contributed by atoms with Gasteiger partial charge in [-0.3, -0.25) is 9.69 Å². The maximum atomic E-state index is 12.7. The van der Waals surface area contributed by atoms with Gasteiger partial charge in [-0.05, 0) is 51.2 Å². The molecule has 0 spiro atoms. The number of nitrogens with zero attached hydrogens (tertiary/aromatic N) is 2. The van der Waals surface area contributed by atoms with Crippen LogP contribution in [0.1, 0.15) is 19.4 Å². The van der Waals surface area contributed by atoms with Crippen LogP contribution in [0.15, 0.2) is 36.4 Å². The Morgan fingerprint density at radius 1 is 1.29 bits per heavy atom. The molecule has 0 bridgehead atoms. The smallest absolute Gasteiger partial charge is 0.325 e. The first-order valence-electron chi connectivity index (χ1n) is 7.90. The third kappa shape index (κ3) is 3.76. The molecule has 2 rings (SSSR count). The lowest BCUT2D eigenvalue weighted by Crippen LogP contribution is -2.41. The van der Waals surface area contributed by atoms with Crippen molar-refractivity contribution in [1.29, 1.82) is 0 Å². The fraction of sp³-hybridized carbons (Fsp3) is 0.444. The number of amides is 3. The van der Waals surface area contributed by atoms with Crippen LogP contribution in [0.4, 0.5) is 4.79 Å². The molecule has 1 heterocycles. The summed E-state index contributed by atoms with van der Waals surface area (Å²) in [4.78, 5) is 28.1. The third-order valence-electron chi connectivity index (χ3n) is 3.96. The summed E-state index contributed by atoms with van der Waals surface area (Å²) < 4.78 is 5.56. The molecule has 1 aliphatic rings. The Morgan fingerprint density at radius 3 is 2.46 bits per heavy atom. The van der Waals surface area contributed by atoms with Crippen LogP contribution < -0.4 is 10.1 Å². The number of carbonyl (C=O) groups is 2. The van der Waals surface area contributed by atoms with Gasteiger partial charge in [-0.1, -0.05) is 18.7 Å². The zero-order valence-electron chi connectivity index (χ0n) is 14.8. The van der Waals surface area contributed by atoms with E-state index in [4.69, 9.17) is 4.74 Å². The summed E-state index contributed by atoms with van der Waals surface area (Å²) in [5.74, 6) is 0.469. The first kappa shape index (κ1) is 18.0. The van der Waals surface area contributed by atoms with E-state index in [1.807, 2.05) is 25.9 Å². The highest BCUT2D eigenvalue weighted by Crippen LogP contribution is 2.30. The van der Waals surface area contributed by atoms with Crippen molar-refractivity contribution >= 4 is 11.9 Å². The molecule has 1 aromatic rings. The quantitative estimate of drug-likeness (QED) is 0.613. The number of likely N-dealkylation sites (N-methyl/N-ethyl adjacent to an activating group) is 1. The summed E-state index contributed by atoms with van der Waals surface area (Å²) in [6, 6.07) is 6.85. The van der Waals surface area contributed by atoms with E-state index in [1.165, 1.54) is 4.90 Å². The Bertz CT molecular complexity index is 639. The van der Waals surface area contributed by atoms with Crippen LogP contribution in [-0.4, -0.2) is 55.5 Å². The largest absolute Gasteiger partial charge is 0.489 e. The lowest BCUT2D eigenvalue weighted by molar-refractivity contribution is -0.131. The van der Waals surface area contributed by atoms with E-state index < -0.39 is 5.54 Å². The molecule has 3 amide bonds. The molecule has 6 nitrogen and oxygen atoms in total. The number of hydrogen-bond donors (Lipinski definition) is 1. The Balaban J connectivity index is 2.14. The van der Waals surface area contributed by atoms with E-state index in [0.717, 1.165) is 11.1 Å². The molecule has 1 aromatic carbocycles. The average Bonchev–Trinajstić information content (AvgIpc) is 2.74. The highest BCUT2D eigenvalue weighted by atomic mass is 16.5. The van der Waals surface area contributed by atoms with Crippen molar-refractivity contribution in [3.63, 3.8) is 0 Å². The molecule has 0 aromatic heterocycles. The fourth-order valence-electron chi connectivity index (χ4n) is 2.49. The summed E-state index contributed by atoms with van der Waals surface area (Å²) in [7, 11) is 3.81. The van der Waals surface area contributed by atoms with Crippen LogP contribution in [0.5, 0.6) is 5.75 Å². The van der Waals surface area contributed by atoms with E-state index in [9.17, 15) is 9.59 Å². The van der Waals surface area contributed by atoms with E-state index in [-0.39, 0.29) is 11.9 Å². The van der Waals surface area contributed by atoms with Gasteiger partial charge in [0, 0.05) is 13.1 Å². The molecule has 1 unspecified atom stereocenters. The van der Waals surface area contributed by atoms with Crippen LogP contribution in [0.25, 0.3) is 0 Å². The van der Waals surface area contributed by atoms with Gasteiger partial charge in [0.25, 0.3) is 5.91 Å². The van der Waals surface area contributed by atoms with Gasteiger partial charge >= 0.3 is 6.03 Å². The monoisotopic (exact) mass is 331 g/mol. The van der Waals surface area contributed by atoms with Gasteiger partial charge < -0.3 is 15.0 Å². The normalized spacial score (nSPS) is 20.5. The first-order chi connectivity index (χ1) is 11.2. The number of benzene rings is 1. The van der Waals surface area contributed by atoms with Gasteiger partial charge in [-0.15, -0.1) is 0 Å². The Labute approximate surface area is 143 Å². The minimum absolute atomic E-state index is 0.232. The van der Waals surface area contributed by atoms with E-state index in [1.54, 1.807) is 31.2 Å². The second-order valence-corrected chi connectivity index (χ2v) is 6.59. The number of imide groups is 1. The molecule has 0 aliphatic carbocycles. The third-order valence-corrected chi connectivity index (χ3v) is 3.96. The van der Waals surface area contributed by atoms with Gasteiger partial charge in [0.2, 0.25) is 0 Å². The van der Waals surface area contributed by atoms with E-state index in [2.05, 4.69) is 11.9 Å². The molecule has 130 valence electrons. The summed E-state index contributed by atoms with van der Waals surface area (Å²) in [5, 5.41) is 2.80. The van der Waals surface area contributed by atoms with Crippen LogP contribution in [-0.2, 0) is 10.3 Å². The molecule has 1 atom stereocenters. The van der Waals surface area contributed by atoms with Crippen LogP contribution in [0, 0.1) is 0 Å². The van der Waals surface area contributed by atoms with E-state index in [0.29, 0.717) is 25.4 Å². The van der Waals surface area contributed by atoms with Crippen LogP contribution in [0.3, 0.4) is 0 Å². The molecular weight excluding hydrogens is 306 g/mol. The SMILES string of the molecule is C=C(C)COc1ccc(C2(C)NC(=O)N(CCN(C)C)C2=O)cc1. The zero-order chi connectivity index (χ0) is 17.9. The Morgan fingerprint density at radius 2 is 1.92 bits per heavy atom. The number of carbonyl (C=O) groups excluding carboxylic acids is 2. The lowest BCUT2D eigenvalue weighted by Gasteiger charge is -2.23.